The van der Waals surface area contributed by atoms with E-state index < -0.39 is 0 Å². The molecular formula is C12H22O. The zero-order valence-corrected chi connectivity index (χ0v) is 9.01. The Labute approximate surface area is 82.2 Å². The molecule has 13 heavy (non-hydrogen) atoms. The van der Waals surface area contributed by atoms with Crippen molar-refractivity contribution in [3.63, 3.8) is 0 Å². The summed E-state index contributed by atoms with van der Waals surface area (Å²) in [6.07, 6.45) is 10.5. The van der Waals surface area contributed by atoms with Crippen molar-refractivity contribution in [2.45, 2.75) is 58.8 Å². The maximum atomic E-state index is 10.1. The summed E-state index contributed by atoms with van der Waals surface area (Å²) in [6, 6.07) is 0. The van der Waals surface area contributed by atoms with Crippen molar-refractivity contribution >= 4 is 5.94 Å². The highest BCUT2D eigenvalue weighted by Gasteiger charge is 2.01. The minimum absolute atomic E-state index is 0.471. The molecule has 0 heterocycles. The monoisotopic (exact) mass is 182 g/mol. The summed E-state index contributed by atoms with van der Waals surface area (Å²) in [5.41, 5.74) is 0. The summed E-state index contributed by atoms with van der Waals surface area (Å²) in [5, 5.41) is 0. The smallest absolute Gasteiger partial charge is 0.120 e. The molecule has 1 atom stereocenters. The summed E-state index contributed by atoms with van der Waals surface area (Å²) in [4.78, 5) is 10.1. The molecule has 0 saturated heterocycles. The molecule has 76 valence electrons. The first kappa shape index (κ1) is 12.4. The van der Waals surface area contributed by atoms with Gasteiger partial charge in [0.05, 0.1) is 0 Å². The van der Waals surface area contributed by atoms with Crippen molar-refractivity contribution in [2.75, 3.05) is 0 Å². The number of unbranched alkanes of at least 4 members (excludes halogenated alkanes) is 4. The molecule has 0 aromatic rings. The first-order valence-electron chi connectivity index (χ1n) is 5.56. The topological polar surface area (TPSA) is 17.1 Å². The normalized spacial score (nSPS) is 12.2. The second-order valence-corrected chi connectivity index (χ2v) is 3.66. The Hall–Kier alpha value is -0.550. The molecule has 0 aromatic heterocycles. The lowest BCUT2D eigenvalue weighted by Crippen LogP contribution is -1.94. The lowest BCUT2D eigenvalue weighted by Gasteiger charge is -2.07. The van der Waals surface area contributed by atoms with Gasteiger partial charge in [-0.1, -0.05) is 46.0 Å². The quantitative estimate of drug-likeness (QED) is 0.412. The molecule has 0 aromatic carbocycles. The highest BCUT2D eigenvalue weighted by molar-refractivity contribution is 5.45. The van der Waals surface area contributed by atoms with Crippen molar-refractivity contribution in [2.24, 2.45) is 5.92 Å². The van der Waals surface area contributed by atoms with Gasteiger partial charge < -0.3 is 0 Å². The number of allylic oxidation sites excluding steroid dienone is 1. The number of hydrogen-bond donors (Lipinski definition) is 0. The second-order valence-electron chi connectivity index (χ2n) is 3.66. The number of rotatable bonds is 8. The molecule has 1 unspecified atom stereocenters. The summed E-state index contributed by atoms with van der Waals surface area (Å²) < 4.78 is 0. The molecule has 0 saturated carbocycles. The first-order valence-corrected chi connectivity index (χ1v) is 5.56. The van der Waals surface area contributed by atoms with Crippen LogP contribution in [0.1, 0.15) is 58.8 Å². The van der Waals surface area contributed by atoms with Crippen LogP contribution in [0.2, 0.25) is 0 Å². The molecule has 0 aliphatic heterocycles. The summed E-state index contributed by atoms with van der Waals surface area (Å²) in [6.45, 7) is 4.36. The van der Waals surface area contributed by atoms with Crippen LogP contribution in [-0.2, 0) is 4.79 Å². The van der Waals surface area contributed by atoms with E-state index in [1.54, 1.807) is 6.08 Å². The van der Waals surface area contributed by atoms with Crippen molar-refractivity contribution in [3.8, 4) is 0 Å². The van der Waals surface area contributed by atoms with Gasteiger partial charge in [0.1, 0.15) is 5.94 Å². The van der Waals surface area contributed by atoms with Crippen molar-refractivity contribution < 1.29 is 4.79 Å². The molecule has 1 heteroatoms. The SMILES string of the molecule is CCCCCCCC(C=C=O)CC. The van der Waals surface area contributed by atoms with Gasteiger partial charge in [-0.25, -0.2) is 4.79 Å². The van der Waals surface area contributed by atoms with Crippen LogP contribution < -0.4 is 0 Å². The molecule has 0 spiro atoms. The lowest BCUT2D eigenvalue weighted by atomic mass is 9.98. The maximum Gasteiger partial charge on any atom is 0.120 e. The fourth-order valence-electron chi connectivity index (χ4n) is 1.51. The standard InChI is InChI=1S/C12H22O/c1-3-5-6-7-8-9-12(4-2)10-11-13/h10,12H,3-9H2,1-2H3. The van der Waals surface area contributed by atoms with E-state index in [0.29, 0.717) is 5.92 Å². The van der Waals surface area contributed by atoms with Crippen LogP contribution in [0.5, 0.6) is 0 Å². The van der Waals surface area contributed by atoms with Crippen molar-refractivity contribution in [1.82, 2.24) is 0 Å². The fourth-order valence-corrected chi connectivity index (χ4v) is 1.51. The van der Waals surface area contributed by atoms with Gasteiger partial charge in [0, 0.05) is 6.08 Å². The molecule has 0 rings (SSSR count). The van der Waals surface area contributed by atoms with Gasteiger partial charge in [0.2, 0.25) is 0 Å². The Bertz CT molecular complexity index is 145. The Morgan fingerprint density at radius 3 is 2.38 bits per heavy atom. The highest BCUT2D eigenvalue weighted by Crippen LogP contribution is 2.14. The molecule has 0 amide bonds. The van der Waals surface area contributed by atoms with Crippen LogP contribution in [0.3, 0.4) is 0 Å². The van der Waals surface area contributed by atoms with Crippen LogP contribution in [0, 0.1) is 5.92 Å². The number of hydrogen-bond acceptors (Lipinski definition) is 1. The van der Waals surface area contributed by atoms with E-state index in [1.165, 1.54) is 32.1 Å². The predicted molar refractivity (Wildman–Crippen MR) is 57.4 cm³/mol. The Morgan fingerprint density at radius 2 is 1.85 bits per heavy atom. The predicted octanol–water partition coefficient (Wildman–Crippen LogP) is 3.76. The molecule has 0 aliphatic rings. The summed E-state index contributed by atoms with van der Waals surface area (Å²) in [5.74, 6) is 2.37. The van der Waals surface area contributed by atoms with Crippen LogP contribution in [0.15, 0.2) is 6.08 Å². The molecule has 0 fully saturated rings. The fraction of sp³-hybridized carbons (Fsp3) is 0.833. The third kappa shape index (κ3) is 7.80. The number of carbonyl (C=O) groups excluding carboxylic acids is 1. The van der Waals surface area contributed by atoms with E-state index in [4.69, 9.17) is 0 Å². The molecular weight excluding hydrogens is 160 g/mol. The van der Waals surface area contributed by atoms with Gasteiger partial charge in [0.25, 0.3) is 0 Å². The second kappa shape index (κ2) is 9.54. The van der Waals surface area contributed by atoms with Crippen molar-refractivity contribution in [1.29, 1.82) is 0 Å². The summed E-state index contributed by atoms with van der Waals surface area (Å²) >= 11 is 0. The Kier molecular flexibility index (Phi) is 9.13. The third-order valence-corrected chi connectivity index (χ3v) is 2.51. The zero-order chi connectivity index (χ0) is 9.94. The molecule has 0 aliphatic carbocycles. The first-order chi connectivity index (χ1) is 6.35. The molecule has 0 bridgehead atoms. The molecule has 0 radical (unpaired) electrons. The summed E-state index contributed by atoms with van der Waals surface area (Å²) in [7, 11) is 0. The van der Waals surface area contributed by atoms with E-state index >= 15 is 0 Å². The van der Waals surface area contributed by atoms with E-state index in [9.17, 15) is 4.79 Å². The third-order valence-electron chi connectivity index (χ3n) is 2.51. The lowest BCUT2D eigenvalue weighted by molar-refractivity contribution is 0.509. The van der Waals surface area contributed by atoms with Gasteiger partial charge in [0.15, 0.2) is 0 Å². The van der Waals surface area contributed by atoms with Crippen LogP contribution in [0.25, 0.3) is 0 Å². The zero-order valence-electron chi connectivity index (χ0n) is 9.01. The largest absolute Gasteiger partial charge is 0.234 e. The van der Waals surface area contributed by atoms with Crippen molar-refractivity contribution in [3.05, 3.63) is 6.08 Å². The van der Waals surface area contributed by atoms with Gasteiger partial charge in [-0.3, -0.25) is 0 Å². The maximum absolute atomic E-state index is 10.1. The van der Waals surface area contributed by atoms with Crippen LogP contribution in [0.4, 0.5) is 0 Å². The van der Waals surface area contributed by atoms with Gasteiger partial charge in [-0.05, 0) is 18.8 Å². The van der Waals surface area contributed by atoms with Gasteiger partial charge in [-0.15, -0.1) is 0 Å². The Morgan fingerprint density at radius 1 is 1.15 bits per heavy atom. The van der Waals surface area contributed by atoms with E-state index in [2.05, 4.69) is 13.8 Å². The highest BCUT2D eigenvalue weighted by atomic mass is 16.1. The van der Waals surface area contributed by atoms with Crippen LogP contribution in [-0.4, -0.2) is 5.94 Å². The minimum atomic E-state index is 0.471. The Balaban J connectivity index is 3.33. The van der Waals surface area contributed by atoms with Gasteiger partial charge in [-0.2, -0.15) is 0 Å². The average Bonchev–Trinajstić information content (AvgIpc) is 2.16. The van der Waals surface area contributed by atoms with Crippen LogP contribution >= 0.6 is 0 Å². The average molecular weight is 182 g/mol. The molecule has 0 N–H and O–H groups in total. The molecule has 1 nitrogen and oxygen atoms in total. The minimum Gasteiger partial charge on any atom is -0.234 e. The van der Waals surface area contributed by atoms with E-state index in [-0.39, 0.29) is 0 Å². The van der Waals surface area contributed by atoms with Gasteiger partial charge >= 0.3 is 0 Å². The van der Waals surface area contributed by atoms with E-state index in [1.807, 2.05) is 5.94 Å². The van der Waals surface area contributed by atoms with E-state index in [0.717, 1.165) is 12.8 Å².